The Bertz CT molecular complexity index is 886. The molecule has 148 valence electrons. The van der Waals surface area contributed by atoms with Crippen LogP contribution in [0.3, 0.4) is 0 Å². The van der Waals surface area contributed by atoms with Crippen LogP contribution in [0.2, 0.25) is 0 Å². The molecule has 8 nitrogen and oxygen atoms in total. The van der Waals surface area contributed by atoms with Gasteiger partial charge in [0, 0.05) is 31.6 Å². The molecule has 0 spiro atoms. The van der Waals surface area contributed by atoms with Gasteiger partial charge < -0.3 is 19.5 Å². The summed E-state index contributed by atoms with van der Waals surface area (Å²) in [6.07, 6.45) is 2.68. The maximum Gasteiger partial charge on any atom is 0.230 e. The zero-order chi connectivity index (χ0) is 19.7. The van der Waals surface area contributed by atoms with E-state index in [2.05, 4.69) is 15.5 Å². The molecule has 1 saturated heterocycles. The van der Waals surface area contributed by atoms with Gasteiger partial charge in [0.25, 0.3) is 0 Å². The van der Waals surface area contributed by atoms with Crippen molar-refractivity contribution in [3.63, 3.8) is 0 Å². The van der Waals surface area contributed by atoms with Crippen molar-refractivity contribution in [3.8, 4) is 5.75 Å². The summed E-state index contributed by atoms with van der Waals surface area (Å²) in [5.41, 5.74) is 1.52. The molecule has 8 heteroatoms. The van der Waals surface area contributed by atoms with E-state index >= 15 is 0 Å². The van der Waals surface area contributed by atoms with Crippen molar-refractivity contribution in [1.29, 1.82) is 0 Å². The first-order valence-corrected chi connectivity index (χ1v) is 9.59. The summed E-state index contributed by atoms with van der Waals surface area (Å²) in [4.78, 5) is 31.4. The molecular weight excluding hydrogens is 360 g/mol. The Kier molecular flexibility index (Phi) is 5.02. The van der Waals surface area contributed by atoms with Gasteiger partial charge in [0.2, 0.25) is 17.7 Å². The Balaban J connectivity index is 1.43. The van der Waals surface area contributed by atoms with Crippen LogP contribution in [-0.2, 0) is 16.0 Å². The molecule has 0 aliphatic carbocycles. The minimum absolute atomic E-state index is 0.0106. The SMILES string of the molecule is COc1ccc2c(c1)C(C(=O)N1CCC(Cc3nc(C)no3)CC1)CC(=O)N2. The average Bonchev–Trinajstić information content (AvgIpc) is 3.11. The Morgan fingerprint density at radius 2 is 2.14 bits per heavy atom. The fourth-order valence-corrected chi connectivity index (χ4v) is 4.03. The van der Waals surface area contributed by atoms with Crippen molar-refractivity contribution in [1.82, 2.24) is 15.0 Å². The van der Waals surface area contributed by atoms with Crippen molar-refractivity contribution >= 4 is 17.5 Å². The minimum Gasteiger partial charge on any atom is -0.497 e. The van der Waals surface area contributed by atoms with E-state index in [4.69, 9.17) is 9.26 Å². The summed E-state index contributed by atoms with van der Waals surface area (Å²) in [6.45, 7) is 3.16. The molecule has 1 N–H and O–H groups in total. The first-order valence-electron chi connectivity index (χ1n) is 9.59. The summed E-state index contributed by atoms with van der Waals surface area (Å²) < 4.78 is 10.5. The Hall–Kier alpha value is -2.90. The third kappa shape index (κ3) is 3.72. The second kappa shape index (κ2) is 7.61. The summed E-state index contributed by atoms with van der Waals surface area (Å²) in [7, 11) is 1.59. The number of hydrogen-bond donors (Lipinski definition) is 1. The standard InChI is InChI=1S/C20H24N4O4/c1-12-21-19(28-23-12)9-13-5-7-24(8-6-13)20(26)16-11-18(25)22-17-4-3-14(27-2)10-15(16)17/h3-4,10,13,16H,5-9,11H2,1-2H3,(H,22,25). The number of aryl methyl sites for hydroxylation is 1. The zero-order valence-electron chi connectivity index (χ0n) is 16.1. The molecule has 2 amide bonds. The van der Waals surface area contributed by atoms with Gasteiger partial charge in [-0.05, 0) is 49.4 Å². The van der Waals surface area contributed by atoms with Crippen LogP contribution >= 0.6 is 0 Å². The van der Waals surface area contributed by atoms with E-state index in [0.29, 0.717) is 42.2 Å². The second-order valence-corrected chi connectivity index (χ2v) is 7.47. The molecule has 2 aliphatic rings. The molecule has 1 aromatic carbocycles. The van der Waals surface area contributed by atoms with Crippen LogP contribution in [0.4, 0.5) is 5.69 Å². The number of benzene rings is 1. The topological polar surface area (TPSA) is 97.6 Å². The van der Waals surface area contributed by atoms with Gasteiger partial charge in [-0.25, -0.2) is 0 Å². The van der Waals surface area contributed by atoms with Gasteiger partial charge in [-0.3, -0.25) is 9.59 Å². The van der Waals surface area contributed by atoms with Crippen LogP contribution in [0.5, 0.6) is 5.75 Å². The molecule has 4 rings (SSSR count). The number of methoxy groups -OCH3 is 1. The maximum atomic E-state index is 13.2. The van der Waals surface area contributed by atoms with Crippen LogP contribution in [0.25, 0.3) is 0 Å². The highest BCUT2D eigenvalue weighted by molar-refractivity contribution is 6.01. The molecule has 0 radical (unpaired) electrons. The zero-order valence-corrected chi connectivity index (χ0v) is 16.1. The molecule has 3 heterocycles. The van der Waals surface area contributed by atoms with Crippen molar-refractivity contribution in [2.45, 2.75) is 38.5 Å². The smallest absolute Gasteiger partial charge is 0.230 e. The van der Waals surface area contributed by atoms with Gasteiger partial charge in [-0.2, -0.15) is 4.98 Å². The van der Waals surface area contributed by atoms with E-state index in [0.717, 1.165) is 24.8 Å². The monoisotopic (exact) mass is 384 g/mol. The molecule has 2 aromatic rings. The van der Waals surface area contributed by atoms with Crippen LogP contribution in [0.15, 0.2) is 22.7 Å². The van der Waals surface area contributed by atoms with E-state index < -0.39 is 5.92 Å². The summed E-state index contributed by atoms with van der Waals surface area (Å²) in [5.74, 6) is 1.83. The Labute approximate surface area is 163 Å². The lowest BCUT2D eigenvalue weighted by molar-refractivity contribution is -0.136. The molecule has 0 bridgehead atoms. The lowest BCUT2D eigenvalue weighted by Gasteiger charge is -2.35. The molecule has 1 aromatic heterocycles. The summed E-state index contributed by atoms with van der Waals surface area (Å²) in [6, 6.07) is 5.43. The summed E-state index contributed by atoms with van der Waals surface area (Å²) >= 11 is 0. The van der Waals surface area contributed by atoms with E-state index in [1.807, 2.05) is 11.0 Å². The molecule has 28 heavy (non-hydrogen) atoms. The van der Waals surface area contributed by atoms with Gasteiger partial charge in [0.15, 0.2) is 5.82 Å². The number of piperidine rings is 1. The number of rotatable bonds is 4. The van der Waals surface area contributed by atoms with Gasteiger partial charge >= 0.3 is 0 Å². The highest BCUT2D eigenvalue weighted by atomic mass is 16.5. The first kappa shape index (κ1) is 18.5. The number of anilines is 1. The third-order valence-corrected chi connectivity index (χ3v) is 5.55. The predicted octanol–water partition coefficient (Wildman–Crippen LogP) is 2.29. The number of nitrogens with one attached hydrogen (secondary N) is 1. The molecule has 1 atom stereocenters. The van der Waals surface area contributed by atoms with Gasteiger partial charge in [-0.15, -0.1) is 0 Å². The number of aromatic nitrogens is 2. The molecule has 1 unspecified atom stereocenters. The lowest BCUT2D eigenvalue weighted by atomic mass is 9.87. The van der Waals surface area contributed by atoms with Gasteiger partial charge in [0.1, 0.15) is 5.75 Å². The van der Waals surface area contributed by atoms with Crippen molar-refractivity contribution in [2.75, 3.05) is 25.5 Å². The predicted molar refractivity (Wildman–Crippen MR) is 101 cm³/mol. The highest BCUT2D eigenvalue weighted by Crippen LogP contribution is 2.36. The molecular formula is C20H24N4O4. The number of likely N-dealkylation sites (tertiary alicyclic amines) is 1. The molecule has 0 saturated carbocycles. The van der Waals surface area contributed by atoms with Crippen LogP contribution in [-0.4, -0.2) is 47.1 Å². The number of nitrogens with zero attached hydrogens (tertiary/aromatic N) is 3. The van der Waals surface area contributed by atoms with E-state index in [-0.39, 0.29) is 18.2 Å². The number of amides is 2. The third-order valence-electron chi connectivity index (χ3n) is 5.55. The largest absolute Gasteiger partial charge is 0.497 e. The highest BCUT2D eigenvalue weighted by Gasteiger charge is 2.35. The van der Waals surface area contributed by atoms with Crippen molar-refractivity contribution < 1.29 is 18.8 Å². The number of fused-ring (bicyclic) bond motifs is 1. The lowest BCUT2D eigenvalue weighted by Crippen LogP contribution is -2.43. The van der Waals surface area contributed by atoms with E-state index in [1.54, 1.807) is 26.2 Å². The number of carbonyl (C=O) groups excluding carboxylic acids is 2. The molecule has 1 fully saturated rings. The quantitative estimate of drug-likeness (QED) is 0.869. The van der Waals surface area contributed by atoms with Gasteiger partial charge in [-0.1, -0.05) is 5.16 Å². The Morgan fingerprint density at radius 3 is 2.82 bits per heavy atom. The fourth-order valence-electron chi connectivity index (χ4n) is 4.03. The minimum atomic E-state index is -0.464. The number of ether oxygens (including phenoxy) is 1. The number of hydrogen-bond acceptors (Lipinski definition) is 6. The van der Waals surface area contributed by atoms with Crippen molar-refractivity contribution in [3.05, 3.63) is 35.5 Å². The van der Waals surface area contributed by atoms with Gasteiger partial charge in [0.05, 0.1) is 13.0 Å². The first-order chi connectivity index (χ1) is 13.5. The normalized spacial score (nSPS) is 19.9. The second-order valence-electron chi connectivity index (χ2n) is 7.47. The van der Waals surface area contributed by atoms with E-state index in [1.165, 1.54) is 0 Å². The molecule has 2 aliphatic heterocycles. The fraction of sp³-hybridized carbons (Fsp3) is 0.500. The summed E-state index contributed by atoms with van der Waals surface area (Å²) in [5, 5.41) is 6.68. The average molecular weight is 384 g/mol. The number of carbonyl (C=O) groups is 2. The van der Waals surface area contributed by atoms with Crippen LogP contribution in [0.1, 0.15) is 42.5 Å². The maximum absolute atomic E-state index is 13.2. The van der Waals surface area contributed by atoms with E-state index in [9.17, 15) is 9.59 Å². The van der Waals surface area contributed by atoms with Crippen LogP contribution < -0.4 is 10.1 Å². The Morgan fingerprint density at radius 1 is 1.36 bits per heavy atom. The van der Waals surface area contributed by atoms with Crippen molar-refractivity contribution in [2.24, 2.45) is 5.92 Å². The van der Waals surface area contributed by atoms with Crippen LogP contribution in [0, 0.1) is 12.8 Å².